The smallest absolute Gasteiger partial charge is 0.0582 e. The molecule has 0 bridgehead atoms. The van der Waals surface area contributed by atoms with Crippen LogP contribution in [-0.4, -0.2) is 37.2 Å². The highest BCUT2D eigenvalue weighted by Gasteiger charge is 2.20. The van der Waals surface area contributed by atoms with Crippen LogP contribution in [0.5, 0.6) is 0 Å². The SMILES string of the molecule is CCc1ccc([C@H]2CCCOC2)c(CN(C)C)n1. The Balaban J connectivity index is 2.25. The van der Waals surface area contributed by atoms with E-state index in [1.54, 1.807) is 0 Å². The number of aryl methyl sites for hydroxylation is 1. The lowest BCUT2D eigenvalue weighted by Gasteiger charge is -2.25. The van der Waals surface area contributed by atoms with Gasteiger partial charge in [0, 0.05) is 24.8 Å². The number of hydrogen-bond donors (Lipinski definition) is 0. The van der Waals surface area contributed by atoms with E-state index >= 15 is 0 Å². The van der Waals surface area contributed by atoms with Gasteiger partial charge in [-0.25, -0.2) is 0 Å². The minimum Gasteiger partial charge on any atom is -0.381 e. The van der Waals surface area contributed by atoms with Crippen LogP contribution in [0.15, 0.2) is 12.1 Å². The molecule has 3 nitrogen and oxygen atoms in total. The molecule has 0 aromatic carbocycles. The predicted octanol–water partition coefficient (Wildman–Crippen LogP) is 2.60. The third-order valence-electron chi connectivity index (χ3n) is 3.50. The van der Waals surface area contributed by atoms with Crippen molar-refractivity contribution in [3.8, 4) is 0 Å². The van der Waals surface area contributed by atoms with E-state index in [0.29, 0.717) is 5.92 Å². The summed E-state index contributed by atoms with van der Waals surface area (Å²) in [6.07, 6.45) is 3.40. The molecular formula is C15H24N2O. The fraction of sp³-hybridized carbons (Fsp3) is 0.667. The van der Waals surface area contributed by atoms with Crippen LogP contribution < -0.4 is 0 Å². The third kappa shape index (κ3) is 3.30. The zero-order valence-electron chi connectivity index (χ0n) is 11.8. The first-order valence-electron chi connectivity index (χ1n) is 6.92. The van der Waals surface area contributed by atoms with Crippen LogP contribution in [0.4, 0.5) is 0 Å². The van der Waals surface area contributed by atoms with Gasteiger partial charge in [0.25, 0.3) is 0 Å². The summed E-state index contributed by atoms with van der Waals surface area (Å²) in [6.45, 7) is 4.85. The van der Waals surface area contributed by atoms with Crippen LogP contribution in [0.25, 0.3) is 0 Å². The third-order valence-corrected chi connectivity index (χ3v) is 3.50. The molecule has 1 aromatic heterocycles. The maximum atomic E-state index is 5.61. The Morgan fingerprint density at radius 1 is 1.39 bits per heavy atom. The molecule has 2 rings (SSSR count). The summed E-state index contributed by atoms with van der Waals surface area (Å²) in [5, 5.41) is 0. The summed E-state index contributed by atoms with van der Waals surface area (Å²) in [6, 6.07) is 4.44. The molecule has 2 heterocycles. The first kappa shape index (κ1) is 13.5. The summed E-state index contributed by atoms with van der Waals surface area (Å²) >= 11 is 0. The number of ether oxygens (including phenoxy) is 1. The lowest BCUT2D eigenvalue weighted by atomic mass is 9.91. The number of nitrogens with zero attached hydrogens (tertiary/aromatic N) is 2. The molecule has 1 atom stereocenters. The maximum Gasteiger partial charge on any atom is 0.0582 e. The van der Waals surface area contributed by atoms with Gasteiger partial charge in [-0.15, -0.1) is 0 Å². The minimum atomic E-state index is 0.534. The van der Waals surface area contributed by atoms with Crippen molar-refractivity contribution in [3.05, 3.63) is 29.1 Å². The molecule has 0 radical (unpaired) electrons. The molecule has 1 aliphatic heterocycles. The molecule has 18 heavy (non-hydrogen) atoms. The van der Waals surface area contributed by atoms with Crippen LogP contribution in [0.1, 0.15) is 42.6 Å². The van der Waals surface area contributed by atoms with Gasteiger partial charge in [0.15, 0.2) is 0 Å². The molecule has 0 saturated carbocycles. The Bertz CT molecular complexity index is 384. The van der Waals surface area contributed by atoms with Gasteiger partial charge in [-0.2, -0.15) is 0 Å². The molecule has 0 unspecified atom stereocenters. The van der Waals surface area contributed by atoms with E-state index in [2.05, 4.69) is 38.1 Å². The minimum absolute atomic E-state index is 0.534. The lowest BCUT2D eigenvalue weighted by molar-refractivity contribution is 0.0799. The number of aromatic nitrogens is 1. The monoisotopic (exact) mass is 248 g/mol. The Morgan fingerprint density at radius 3 is 2.83 bits per heavy atom. The maximum absolute atomic E-state index is 5.61. The van der Waals surface area contributed by atoms with Crippen LogP contribution in [0.2, 0.25) is 0 Å². The van der Waals surface area contributed by atoms with E-state index in [4.69, 9.17) is 9.72 Å². The van der Waals surface area contributed by atoms with E-state index in [9.17, 15) is 0 Å². The summed E-state index contributed by atoms with van der Waals surface area (Å²) in [5.41, 5.74) is 3.81. The Morgan fingerprint density at radius 2 is 2.22 bits per heavy atom. The van der Waals surface area contributed by atoms with E-state index < -0.39 is 0 Å². The molecule has 0 spiro atoms. The average Bonchev–Trinajstić information content (AvgIpc) is 2.39. The standard InChI is InChI=1S/C15H24N2O/c1-4-13-7-8-14(12-6-5-9-18-11-12)15(16-13)10-17(2)3/h7-8,12H,4-6,9-11H2,1-3H3/t12-/m0/s1. The molecular weight excluding hydrogens is 224 g/mol. The molecule has 1 aliphatic rings. The first-order valence-corrected chi connectivity index (χ1v) is 6.92. The van der Waals surface area contributed by atoms with Crippen molar-refractivity contribution in [3.63, 3.8) is 0 Å². The van der Waals surface area contributed by atoms with Gasteiger partial charge in [0.05, 0.1) is 12.3 Å². The predicted molar refractivity (Wildman–Crippen MR) is 73.8 cm³/mol. The van der Waals surface area contributed by atoms with Crippen molar-refractivity contribution < 1.29 is 4.74 Å². The fourth-order valence-corrected chi connectivity index (χ4v) is 2.54. The van der Waals surface area contributed by atoms with Crippen LogP contribution >= 0.6 is 0 Å². The largest absolute Gasteiger partial charge is 0.381 e. The van der Waals surface area contributed by atoms with Crippen molar-refractivity contribution in [1.82, 2.24) is 9.88 Å². The lowest BCUT2D eigenvalue weighted by Crippen LogP contribution is -2.20. The highest BCUT2D eigenvalue weighted by molar-refractivity contribution is 5.27. The molecule has 1 fully saturated rings. The second kappa shape index (κ2) is 6.30. The van der Waals surface area contributed by atoms with Gasteiger partial charge in [0.1, 0.15) is 0 Å². The van der Waals surface area contributed by atoms with E-state index in [1.807, 2.05) is 0 Å². The van der Waals surface area contributed by atoms with Gasteiger partial charge in [-0.1, -0.05) is 13.0 Å². The Kier molecular flexibility index (Phi) is 4.72. The number of pyridine rings is 1. The average molecular weight is 248 g/mol. The Hall–Kier alpha value is -0.930. The van der Waals surface area contributed by atoms with Gasteiger partial charge in [-0.05, 0) is 45.0 Å². The highest BCUT2D eigenvalue weighted by atomic mass is 16.5. The van der Waals surface area contributed by atoms with Crippen LogP contribution in [-0.2, 0) is 17.7 Å². The van der Waals surface area contributed by atoms with Crippen molar-refractivity contribution >= 4 is 0 Å². The van der Waals surface area contributed by atoms with Gasteiger partial charge in [0.2, 0.25) is 0 Å². The van der Waals surface area contributed by atoms with Crippen molar-refractivity contribution in [2.45, 2.75) is 38.6 Å². The zero-order valence-corrected chi connectivity index (χ0v) is 11.8. The first-order chi connectivity index (χ1) is 8.70. The van der Waals surface area contributed by atoms with Gasteiger partial charge < -0.3 is 9.64 Å². The quantitative estimate of drug-likeness (QED) is 0.819. The van der Waals surface area contributed by atoms with E-state index in [0.717, 1.165) is 26.2 Å². The normalized spacial score (nSPS) is 20.3. The van der Waals surface area contributed by atoms with Crippen molar-refractivity contribution in [2.75, 3.05) is 27.3 Å². The number of hydrogen-bond acceptors (Lipinski definition) is 3. The van der Waals surface area contributed by atoms with Gasteiger partial charge in [-0.3, -0.25) is 4.98 Å². The van der Waals surface area contributed by atoms with Gasteiger partial charge >= 0.3 is 0 Å². The van der Waals surface area contributed by atoms with Crippen molar-refractivity contribution in [2.24, 2.45) is 0 Å². The summed E-state index contributed by atoms with van der Waals surface area (Å²) in [7, 11) is 4.20. The second-order valence-corrected chi connectivity index (χ2v) is 5.34. The molecule has 1 saturated heterocycles. The number of rotatable bonds is 4. The van der Waals surface area contributed by atoms with E-state index in [1.165, 1.54) is 29.8 Å². The summed E-state index contributed by atoms with van der Waals surface area (Å²) in [5.74, 6) is 0.534. The molecule has 0 N–H and O–H groups in total. The molecule has 100 valence electrons. The van der Waals surface area contributed by atoms with Crippen LogP contribution in [0, 0.1) is 0 Å². The summed E-state index contributed by atoms with van der Waals surface area (Å²) in [4.78, 5) is 7.00. The van der Waals surface area contributed by atoms with E-state index in [-0.39, 0.29) is 0 Å². The van der Waals surface area contributed by atoms with Crippen LogP contribution in [0.3, 0.4) is 0 Å². The molecule has 0 aliphatic carbocycles. The molecule has 1 aromatic rings. The summed E-state index contributed by atoms with van der Waals surface area (Å²) < 4.78 is 5.61. The Labute approximate surface area is 110 Å². The molecule has 0 amide bonds. The second-order valence-electron chi connectivity index (χ2n) is 5.34. The highest BCUT2D eigenvalue weighted by Crippen LogP contribution is 2.28. The molecule has 3 heteroatoms. The topological polar surface area (TPSA) is 25.4 Å². The zero-order chi connectivity index (χ0) is 13.0. The van der Waals surface area contributed by atoms with Crippen molar-refractivity contribution in [1.29, 1.82) is 0 Å². The fourth-order valence-electron chi connectivity index (χ4n) is 2.54.